The molecule has 1 saturated carbocycles. The second-order valence-electron chi connectivity index (χ2n) is 5.80. The van der Waals surface area contributed by atoms with Crippen LogP contribution in [0.25, 0.3) is 5.52 Å². The Morgan fingerprint density at radius 2 is 2.00 bits per heavy atom. The van der Waals surface area contributed by atoms with Crippen LogP contribution in [0.3, 0.4) is 0 Å². The van der Waals surface area contributed by atoms with E-state index in [4.69, 9.17) is 4.98 Å². The minimum Gasteiger partial charge on any atom is -0.303 e. The Balaban J connectivity index is 2.29. The van der Waals surface area contributed by atoms with Crippen molar-refractivity contribution in [2.45, 2.75) is 44.9 Å². The molecule has 0 aromatic carbocycles. The lowest BCUT2D eigenvalue weighted by atomic mass is 9.91. The van der Waals surface area contributed by atoms with Crippen molar-refractivity contribution >= 4 is 5.52 Å². The van der Waals surface area contributed by atoms with Crippen molar-refractivity contribution in [1.82, 2.24) is 9.38 Å². The third-order valence-electron chi connectivity index (χ3n) is 3.23. The zero-order valence-electron chi connectivity index (χ0n) is 10.2. The zero-order chi connectivity index (χ0) is 11.3. The van der Waals surface area contributed by atoms with Gasteiger partial charge in [-0.05, 0) is 25.0 Å². The fourth-order valence-corrected chi connectivity index (χ4v) is 2.24. The number of pyridine rings is 1. The number of fused-ring (bicyclic) bond motifs is 1. The summed E-state index contributed by atoms with van der Waals surface area (Å²) in [6.07, 6.45) is 4.75. The van der Waals surface area contributed by atoms with Gasteiger partial charge in [-0.25, -0.2) is 4.98 Å². The third kappa shape index (κ3) is 1.44. The molecule has 84 valence electrons. The monoisotopic (exact) mass is 214 g/mol. The molecule has 0 bridgehead atoms. The van der Waals surface area contributed by atoms with E-state index in [1.165, 1.54) is 29.9 Å². The molecule has 1 fully saturated rings. The Hall–Kier alpha value is -1.31. The van der Waals surface area contributed by atoms with Crippen LogP contribution < -0.4 is 0 Å². The van der Waals surface area contributed by atoms with Crippen LogP contribution in [0.5, 0.6) is 0 Å². The topological polar surface area (TPSA) is 17.3 Å². The Labute approximate surface area is 96.3 Å². The summed E-state index contributed by atoms with van der Waals surface area (Å²) in [4.78, 5) is 4.89. The predicted molar refractivity (Wildman–Crippen MR) is 65.9 cm³/mol. The van der Waals surface area contributed by atoms with Gasteiger partial charge in [0.1, 0.15) is 5.82 Å². The van der Waals surface area contributed by atoms with Crippen LogP contribution in [0, 0.1) is 0 Å². The molecule has 16 heavy (non-hydrogen) atoms. The molecule has 2 nitrogen and oxygen atoms in total. The highest BCUT2D eigenvalue weighted by Gasteiger charge is 2.31. The summed E-state index contributed by atoms with van der Waals surface area (Å²) in [5.41, 5.74) is 2.63. The van der Waals surface area contributed by atoms with Crippen LogP contribution in [-0.4, -0.2) is 9.38 Å². The van der Waals surface area contributed by atoms with Gasteiger partial charge in [-0.1, -0.05) is 26.8 Å². The second kappa shape index (κ2) is 3.09. The summed E-state index contributed by atoms with van der Waals surface area (Å²) in [5.74, 6) is 1.96. The van der Waals surface area contributed by atoms with Crippen molar-refractivity contribution in [2.75, 3.05) is 0 Å². The SMILES string of the molecule is CC(C)(C)c1nc(C2CC2)n2ccccc12. The van der Waals surface area contributed by atoms with Gasteiger partial charge in [-0.2, -0.15) is 0 Å². The molecule has 0 amide bonds. The van der Waals surface area contributed by atoms with E-state index in [1.54, 1.807) is 0 Å². The maximum atomic E-state index is 4.89. The van der Waals surface area contributed by atoms with Gasteiger partial charge in [0, 0.05) is 17.5 Å². The van der Waals surface area contributed by atoms with E-state index in [0.717, 1.165) is 0 Å². The van der Waals surface area contributed by atoms with Crippen LogP contribution in [0.4, 0.5) is 0 Å². The van der Waals surface area contributed by atoms with E-state index in [9.17, 15) is 0 Å². The summed E-state index contributed by atoms with van der Waals surface area (Å²) >= 11 is 0. The Kier molecular flexibility index (Phi) is 1.91. The third-order valence-corrected chi connectivity index (χ3v) is 3.23. The van der Waals surface area contributed by atoms with Crippen molar-refractivity contribution in [3.8, 4) is 0 Å². The molecule has 2 heteroatoms. The molecule has 0 saturated heterocycles. The van der Waals surface area contributed by atoms with Gasteiger partial charge in [0.15, 0.2) is 0 Å². The molecule has 2 aromatic heterocycles. The van der Waals surface area contributed by atoms with Crippen LogP contribution in [0.15, 0.2) is 24.4 Å². The maximum absolute atomic E-state index is 4.89. The molecular weight excluding hydrogens is 196 g/mol. The highest BCUT2D eigenvalue weighted by molar-refractivity contribution is 5.56. The van der Waals surface area contributed by atoms with Gasteiger partial charge >= 0.3 is 0 Å². The van der Waals surface area contributed by atoms with E-state index in [2.05, 4.69) is 49.6 Å². The lowest BCUT2D eigenvalue weighted by Crippen LogP contribution is -2.12. The molecule has 1 aliphatic rings. The average molecular weight is 214 g/mol. The maximum Gasteiger partial charge on any atom is 0.116 e. The molecule has 0 radical (unpaired) electrons. The number of imidazole rings is 1. The highest BCUT2D eigenvalue weighted by Crippen LogP contribution is 2.41. The van der Waals surface area contributed by atoms with Gasteiger partial charge in [-0.3, -0.25) is 0 Å². The van der Waals surface area contributed by atoms with Gasteiger partial charge in [0.2, 0.25) is 0 Å². The molecular formula is C14H18N2. The van der Waals surface area contributed by atoms with Crippen molar-refractivity contribution in [2.24, 2.45) is 0 Å². The average Bonchev–Trinajstić information content (AvgIpc) is 2.97. The molecule has 1 aliphatic carbocycles. The first-order valence-corrected chi connectivity index (χ1v) is 6.05. The van der Waals surface area contributed by atoms with Crippen LogP contribution in [-0.2, 0) is 5.41 Å². The van der Waals surface area contributed by atoms with E-state index in [1.807, 2.05) is 0 Å². The Morgan fingerprint density at radius 1 is 1.25 bits per heavy atom. The van der Waals surface area contributed by atoms with Crippen LogP contribution >= 0.6 is 0 Å². The summed E-state index contributed by atoms with van der Waals surface area (Å²) < 4.78 is 2.28. The highest BCUT2D eigenvalue weighted by atomic mass is 15.0. The summed E-state index contributed by atoms with van der Waals surface area (Å²) in [5, 5.41) is 0. The molecule has 3 rings (SSSR count). The molecule has 2 heterocycles. The number of nitrogens with zero attached hydrogens (tertiary/aromatic N) is 2. The lowest BCUT2D eigenvalue weighted by molar-refractivity contribution is 0.576. The minimum atomic E-state index is 0.125. The molecule has 0 atom stereocenters. The van der Waals surface area contributed by atoms with Crippen molar-refractivity contribution in [1.29, 1.82) is 0 Å². The fraction of sp³-hybridized carbons (Fsp3) is 0.500. The molecule has 0 unspecified atom stereocenters. The lowest BCUT2D eigenvalue weighted by Gasteiger charge is -2.15. The largest absolute Gasteiger partial charge is 0.303 e. The first-order chi connectivity index (χ1) is 7.57. The van der Waals surface area contributed by atoms with E-state index < -0.39 is 0 Å². The smallest absolute Gasteiger partial charge is 0.116 e. The fourth-order valence-electron chi connectivity index (χ4n) is 2.24. The Morgan fingerprint density at radius 3 is 2.62 bits per heavy atom. The molecule has 0 N–H and O–H groups in total. The molecule has 0 aliphatic heterocycles. The number of hydrogen-bond acceptors (Lipinski definition) is 1. The number of aromatic nitrogens is 2. The normalized spacial score (nSPS) is 16.9. The Bertz CT molecular complexity index is 527. The van der Waals surface area contributed by atoms with Gasteiger partial charge in [0.25, 0.3) is 0 Å². The summed E-state index contributed by atoms with van der Waals surface area (Å²) in [6, 6.07) is 6.37. The predicted octanol–water partition coefficient (Wildman–Crippen LogP) is 3.51. The quantitative estimate of drug-likeness (QED) is 0.710. The van der Waals surface area contributed by atoms with Gasteiger partial charge in [-0.15, -0.1) is 0 Å². The standard InChI is InChI=1S/C14H18N2/c1-14(2,3)12-11-6-4-5-9-16(11)13(15-12)10-7-8-10/h4-6,9-10H,7-8H2,1-3H3. The summed E-state index contributed by atoms with van der Waals surface area (Å²) in [6.45, 7) is 6.71. The van der Waals surface area contributed by atoms with E-state index >= 15 is 0 Å². The van der Waals surface area contributed by atoms with Crippen molar-refractivity contribution in [3.63, 3.8) is 0 Å². The van der Waals surface area contributed by atoms with Gasteiger partial charge in [0.05, 0.1) is 11.2 Å². The molecule has 2 aromatic rings. The van der Waals surface area contributed by atoms with Crippen molar-refractivity contribution in [3.05, 3.63) is 35.9 Å². The first-order valence-electron chi connectivity index (χ1n) is 6.05. The van der Waals surface area contributed by atoms with Crippen LogP contribution in [0.2, 0.25) is 0 Å². The minimum absolute atomic E-state index is 0.125. The molecule has 0 spiro atoms. The second-order valence-corrected chi connectivity index (χ2v) is 5.80. The number of hydrogen-bond donors (Lipinski definition) is 0. The zero-order valence-corrected chi connectivity index (χ0v) is 10.2. The van der Waals surface area contributed by atoms with Crippen LogP contribution in [0.1, 0.15) is 51.0 Å². The van der Waals surface area contributed by atoms with Gasteiger partial charge < -0.3 is 4.40 Å². The van der Waals surface area contributed by atoms with E-state index in [0.29, 0.717) is 5.92 Å². The van der Waals surface area contributed by atoms with E-state index in [-0.39, 0.29) is 5.41 Å². The van der Waals surface area contributed by atoms with Crippen molar-refractivity contribution < 1.29 is 0 Å². The number of rotatable bonds is 1. The first kappa shape index (κ1) is 9.88. The summed E-state index contributed by atoms with van der Waals surface area (Å²) in [7, 11) is 0.